The molecule has 8 nitrogen and oxygen atoms in total. The summed E-state index contributed by atoms with van der Waals surface area (Å²) >= 11 is 0.773. The molecular weight excluding hydrogens is 280 g/mol. The molecule has 0 fully saturated rings. The van der Waals surface area contributed by atoms with Gasteiger partial charge in [0.05, 0.1) is 18.2 Å². The molecule has 0 aliphatic heterocycles. The minimum atomic E-state index is -3.87. The van der Waals surface area contributed by atoms with Crippen molar-refractivity contribution in [1.82, 2.24) is 14.3 Å². The third-order valence-electron chi connectivity index (χ3n) is 2.07. The largest absolute Gasteiger partial charge is 0.478 e. The van der Waals surface area contributed by atoms with Gasteiger partial charge in [0, 0.05) is 0 Å². The first-order valence-corrected chi connectivity index (χ1v) is 6.88. The summed E-state index contributed by atoms with van der Waals surface area (Å²) in [7, 11) is -3.87. The maximum absolute atomic E-state index is 11.9. The smallest absolute Gasteiger partial charge is 0.340 e. The van der Waals surface area contributed by atoms with Crippen LogP contribution in [0, 0.1) is 6.92 Å². The van der Waals surface area contributed by atoms with E-state index < -0.39 is 16.0 Å². The second-order valence-corrected chi connectivity index (χ2v) is 5.72. The van der Waals surface area contributed by atoms with Crippen molar-refractivity contribution in [2.75, 3.05) is 4.72 Å². The molecule has 0 atom stereocenters. The van der Waals surface area contributed by atoms with Crippen LogP contribution in [0.5, 0.6) is 0 Å². The molecule has 0 aliphatic carbocycles. The molecule has 0 bridgehead atoms. The number of imidazole rings is 1. The average molecular weight is 288 g/mol. The average Bonchev–Trinajstić information content (AvgIpc) is 2.87. The second-order valence-electron chi connectivity index (χ2n) is 3.30. The normalized spacial score (nSPS) is 11.4. The predicted octanol–water partition coefficient (Wildman–Crippen LogP) is 0.674. The molecule has 0 saturated heterocycles. The van der Waals surface area contributed by atoms with Gasteiger partial charge in [-0.1, -0.05) is 0 Å². The minimum Gasteiger partial charge on any atom is -0.478 e. The predicted molar refractivity (Wildman–Crippen MR) is 63.2 cm³/mol. The number of carboxylic acids is 1. The third-order valence-corrected chi connectivity index (χ3v) is 4.32. The number of H-pyrrole nitrogens is 1. The molecule has 18 heavy (non-hydrogen) atoms. The summed E-state index contributed by atoms with van der Waals surface area (Å²) in [5.41, 5.74) is 0.109. The molecule has 3 N–H and O–H groups in total. The van der Waals surface area contributed by atoms with Crippen LogP contribution in [0.2, 0.25) is 0 Å². The van der Waals surface area contributed by atoms with E-state index in [1.165, 1.54) is 13.3 Å². The Morgan fingerprint density at radius 1 is 1.56 bits per heavy atom. The molecule has 0 spiro atoms. The minimum absolute atomic E-state index is 0.0328. The van der Waals surface area contributed by atoms with E-state index in [9.17, 15) is 13.2 Å². The van der Waals surface area contributed by atoms with E-state index in [2.05, 4.69) is 19.1 Å². The van der Waals surface area contributed by atoms with E-state index in [1.54, 1.807) is 0 Å². The number of aromatic carboxylic acids is 1. The molecule has 96 valence electrons. The van der Waals surface area contributed by atoms with Crippen LogP contribution < -0.4 is 4.72 Å². The summed E-state index contributed by atoms with van der Waals surface area (Å²) in [6.07, 6.45) is 2.33. The molecule has 0 unspecified atom stereocenters. The summed E-state index contributed by atoms with van der Waals surface area (Å²) in [4.78, 5) is 17.0. The molecule has 0 aromatic carbocycles. The SMILES string of the molecule is Cc1nsc(NS(=O)(=O)c2cnc[nH]2)c1C(=O)O. The van der Waals surface area contributed by atoms with Crippen molar-refractivity contribution < 1.29 is 18.3 Å². The summed E-state index contributed by atoms with van der Waals surface area (Å²) in [6, 6.07) is 0. The van der Waals surface area contributed by atoms with Crippen molar-refractivity contribution in [2.24, 2.45) is 0 Å². The summed E-state index contributed by atoms with van der Waals surface area (Å²) in [5, 5.41) is 8.79. The summed E-state index contributed by atoms with van der Waals surface area (Å²) in [5.74, 6) is -1.23. The standard InChI is InChI=1S/C8H8N4O4S2/c1-4-6(8(13)14)7(17-11-4)12-18(15,16)5-2-9-3-10-5/h2-3,12H,1H3,(H,9,10)(H,13,14). The Morgan fingerprint density at radius 3 is 2.83 bits per heavy atom. The van der Waals surface area contributed by atoms with Crippen molar-refractivity contribution in [3.63, 3.8) is 0 Å². The number of anilines is 1. The number of hydrogen-bond acceptors (Lipinski definition) is 6. The second kappa shape index (κ2) is 4.38. The maximum atomic E-state index is 11.9. The highest BCUT2D eigenvalue weighted by molar-refractivity contribution is 7.92. The van der Waals surface area contributed by atoms with Crippen LogP contribution in [-0.4, -0.2) is 33.8 Å². The number of aromatic amines is 1. The van der Waals surface area contributed by atoms with Gasteiger partial charge in [-0.3, -0.25) is 4.72 Å². The Labute approximate surface area is 106 Å². The van der Waals surface area contributed by atoms with Crippen molar-refractivity contribution in [1.29, 1.82) is 0 Å². The van der Waals surface area contributed by atoms with E-state index in [0.29, 0.717) is 0 Å². The Morgan fingerprint density at radius 2 is 2.28 bits per heavy atom. The van der Waals surface area contributed by atoms with Crippen LogP contribution in [0.15, 0.2) is 17.6 Å². The van der Waals surface area contributed by atoms with Gasteiger partial charge in [-0.15, -0.1) is 0 Å². The van der Waals surface area contributed by atoms with Gasteiger partial charge in [0.1, 0.15) is 10.6 Å². The number of aryl methyl sites for hydroxylation is 1. The number of hydrogen-bond donors (Lipinski definition) is 3. The van der Waals surface area contributed by atoms with Crippen molar-refractivity contribution in [2.45, 2.75) is 11.9 Å². The van der Waals surface area contributed by atoms with Gasteiger partial charge in [-0.25, -0.2) is 9.78 Å². The lowest BCUT2D eigenvalue weighted by Crippen LogP contribution is -2.14. The zero-order chi connectivity index (χ0) is 13.3. The van der Waals surface area contributed by atoms with Gasteiger partial charge in [-0.2, -0.15) is 12.8 Å². The fourth-order valence-electron chi connectivity index (χ4n) is 1.26. The zero-order valence-electron chi connectivity index (χ0n) is 9.04. The molecule has 2 aromatic rings. The van der Waals surface area contributed by atoms with Crippen LogP contribution in [0.4, 0.5) is 5.00 Å². The number of sulfonamides is 1. The van der Waals surface area contributed by atoms with Crippen LogP contribution in [0.3, 0.4) is 0 Å². The van der Waals surface area contributed by atoms with Crippen molar-refractivity contribution >= 4 is 32.5 Å². The molecule has 2 rings (SSSR count). The number of nitrogens with zero attached hydrogens (tertiary/aromatic N) is 2. The Hall–Kier alpha value is -1.94. The fraction of sp³-hybridized carbons (Fsp3) is 0.125. The summed E-state index contributed by atoms with van der Waals surface area (Å²) < 4.78 is 29.7. The molecule has 0 amide bonds. The molecular formula is C8H8N4O4S2. The lowest BCUT2D eigenvalue weighted by Gasteiger charge is -2.04. The highest BCUT2D eigenvalue weighted by Gasteiger charge is 2.23. The lowest BCUT2D eigenvalue weighted by atomic mass is 10.2. The maximum Gasteiger partial charge on any atom is 0.340 e. The fourth-order valence-corrected chi connectivity index (χ4v) is 3.25. The van der Waals surface area contributed by atoms with Crippen LogP contribution in [0.25, 0.3) is 0 Å². The van der Waals surface area contributed by atoms with Gasteiger partial charge in [0.2, 0.25) is 0 Å². The van der Waals surface area contributed by atoms with E-state index in [4.69, 9.17) is 5.11 Å². The Balaban J connectivity index is 2.39. The molecule has 10 heteroatoms. The molecule has 0 saturated carbocycles. The van der Waals surface area contributed by atoms with Gasteiger partial charge in [0.15, 0.2) is 5.03 Å². The molecule has 0 aliphatic rings. The quantitative estimate of drug-likeness (QED) is 0.759. The first-order chi connectivity index (χ1) is 8.42. The van der Waals surface area contributed by atoms with Crippen molar-refractivity contribution in [3.8, 4) is 0 Å². The van der Waals surface area contributed by atoms with Gasteiger partial charge >= 0.3 is 5.97 Å². The number of nitrogens with one attached hydrogen (secondary N) is 2. The zero-order valence-corrected chi connectivity index (χ0v) is 10.7. The highest BCUT2D eigenvalue weighted by Crippen LogP contribution is 2.26. The van der Waals surface area contributed by atoms with Gasteiger partial charge < -0.3 is 10.1 Å². The van der Waals surface area contributed by atoms with Crippen LogP contribution in [0.1, 0.15) is 16.1 Å². The molecule has 2 aromatic heterocycles. The van der Waals surface area contributed by atoms with E-state index in [0.717, 1.165) is 17.7 Å². The van der Waals surface area contributed by atoms with Crippen molar-refractivity contribution in [3.05, 3.63) is 23.8 Å². The van der Waals surface area contributed by atoms with Gasteiger partial charge in [-0.05, 0) is 18.5 Å². The Bertz CT molecular complexity index is 674. The summed E-state index contributed by atoms with van der Waals surface area (Å²) in [6.45, 7) is 1.49. The molecule has 2 heterocycles. The third kappa shape index (κ3) is 2.19. The highest BCUT2D eigenvalue weighted by atomic mass is 32.2. The Kier molecular flexibility index (Phi) is 3.05. The number of carboxylic acid groups (broad SMARTS) is 1. The van der Waals surface area contributed by atoms with E-state index >= 15 is 0 Å². The van der Waals surface area contributed by atoms with Gasteiger partial charge in [0.25, 0.3) is 10.0 Å². The number of carbonyl (C=O) groups is 1. The van der Waals surface area contributed by atoms with Crippen LogP contribution in [-0.2, 0) is 10.0 Å². The van der Waals surface area contributed by atoms with E-state index in [-0.39, 0.29) is 21.3 Å². The number of aromatic nitrogens is 3. The first kappa shape index (κ1) is 12.5. The van der Waals surface area contributed by atoms with E-state index in [1.807, 2.05) is 0 Å². The molecule has 0 radical (unpaired) electrons. The number of rotatable bonds is 4. The lowest BCUT2D eigenvalue weighted by molar-refractivity contribution is 0.0697. The topological polar surface area (TPSA) is 125 Å². The monoisotopic (exact) mass is 288 g/mol. The first-order valence-electron chi connectivity index (χ1n) is 4.62. The van der Waals surface area contributed by atoms with Crippen LogP contribution >= 0.6 is 11.5 Å².